The number of aromatic hydroxyl groups is 1. The summed E-state index contributed by atoms with van der Waals surface area (Å²) in [4.78, 5) is 52.9. The van der Waals surface area contributed by atoms with E-state index in [-0.39, 0.29) is 52.7 Å². The molecule has 1 aliphatic carbocycles. The van der Waals surface area contributed by atoms with Crippen molar-refractivity contribution in [3.05, 3.63) is 57.6 Å². The molecule has 0 spiro atoms. The number of nitrogens with zero attached hydrogens (tertiary/aromatic N) is 3. The van der Waals surface area contributed by atoms with Crippen molar-refractivity contribution < 1.29 is 38.5 Å². The zero-order valence-electron chi connectivity index (χ0n) is 23.3. The number of ether oxygens (including phenoxy) is 2. The number of carboxylic acid groups (broad SMARTS) is 1. The number of aromatic nitrogens is 1. The van der Waals surface area contributed by atoms with Gasteiger partial charge in [0.2, 0.25) is 11.3 Å². The third-order valence-corrected chi connectivity index (χ3v) is 7.69. The molecular formula is C29H31FN4O8. The zero-order valence-corrected chi connectivity index (χ0v) is 23.3. The maximum Gasteiger partial charge on any atom is 0.341 e. The van der Waals surface area contributed by atoms with Crippen LogP contribution in [0.1, 0.15) is 46.5 Å². The number of phenols is 1. The number of halogens is 1. The number of carbonyl (C=O) groups is 3. The number of esters is 1. The third-order valence-electron chi connectivity index (χ3n) is 7.69. The Labute approximate surface area is 239 Å². The van der Waals surface area contributed by atoms with E-state index < -0.39 is 28.7 Å². The second kappa shape index (κ2) is 11.3. The Morgan fingerprint density at radius 2 is 1.86 bits per heavy atom. The van der Waals surface area contributed by atoms with Gasteiger partial charge in [-0.1, -0.05) is 0 Å². The topological polar surface area (TPSA) is 151 Å². The standard InChI is InChI=1S/C29H31FN4O8/c1-15-12-33(9-8-32(15)14-23(36)31-16-4-7-18(22(35)10-16)29(40)42-3)25-21(30)11-19-24(27(25)41-2)34(17-5-6-17)13-20(26(19)37)28(38)39/h4,7,10-11,13,15,17,35H,5-6,8-9,12,14H2,1-3H3,(H,31,36)(H,38,39). The monoisotopic (exact) mass is 582 g/mol. The van der Waals surface area contributed by atoms with E-state index in [0.29, 0.717) is 30.8 Å². The molecule has 13 heteroatoms. The van der Waals surface area contributed by atoms with E-state index in [2.05, 4.69) is 10.1 Å². The lowest BCUT2D eigenvalue weighted by molar-refractivity contribution is -0.117. The lowest BCUT2D eigenvalue weighted by atomic mass is 10.1. The van der Waals surface area contributed by atoms with Gasteiger partial charge in [0, 0.05) is 49.7 Å². The van der Waals surface area contributed by atoms with E-state index in [1.54, 1.807) is 4.57 Å². The average molecular weight is 583 g/mol. The van der Waals surface area contributed by atoms with Gasteiger partial charge < -0.3 is 34.5 Å². The molecule has 42 heavy (non-hydrogen) atoms. The highest BCUT2D eigenvalue weighted by molar-refractivity contribution is 5.98. The van der Waals surface area contributed by atoms with Crippen LogP contribution in [0.25, 0.3) is 10.9 Å². The largest absolute Gasteiger partial charge is 0.507 e. The second-order valence-electron chi connectivity index (χ2n) is 10.5. The van der Waals surface area contributed by atoms with Gasteiger partial charge in [-0.25, -0.2) is 14.0 Å². The molecule has 1 saturated carbocycles. The van der Waals surface area contributed by atoms with Gasteiger partial charge in [-0.3, -0.25) is 14.5 Å². The minimum absolute atomic E-state index is 0.00808. The van der Waals surface area contributed by atoms with Crippen molar-refractivity contribution in [1.29, 1.82) is 0 Å². The summed E-state index contributed by atoms with van der Waals surface area (Å²) >= 11 is 0. The van der Waals surface area contributed by atoms with Crippen LogP contribution in [0.3, 0.4) is 0 Å². The van der Waals surface area contributed by atoms with Crippen LogP contribution >= 0.6 is 0 Å². The number of fused-ring (bicyclic) bond motifs is 1. The van der Waals surface area contributed by atoms with Crippen LogP contribution in [0.4, 0.5) is 15.8 Å². The van der Waals surface area contributed by atoms with Gasteiger partial charge in [-0.15, -0.1) is 0 Å². The van der Waals surface area contributed by atoms with E-state index in [1.165, 1.54) is 38.6 Å². The summed E-state index contributed by atoms with van der Waals surface area (Å²) in [6.45, 7) is 3.05. The number of rotatable bonds is 8. The van der Waals surface area contributed by atoms with Crippen molar-refractivity contribution in [2.75, 3.05) is 50.6 Å². The fourth-order valence-electron chi connectivity index (χ4n) is 5.43. The predicted octanol–water partition coefficient (Wildman–Crippen LogP) is 2.82. The smallest absolute Gasteiger partial charge is 0.341 e. The van der Waals surface area contributed by atoms with Crippen molar-refractivity contribution in [3.8, 4) is 11.5 Å². The molecule has 1 atom stereocenters. The highest BCUT2D eigenvalue weighted by atomic mass is 19.1. The van der Waals surface area contributed by atoms with Crippen molar-refractivity contribution >= 4 is 40.1 Å². The van der Waals surface area contributed by atoms with Gasteiger partial charge >= 0.3 is 11.9 Å². The molecule has 3 N–H and O–H groups in total. The Kier molecular flexibility index (Phi) is 7.78. The van der Waals surface area contributed by atoms with Gasteiger partial charge in [0.15, 0.2) is 11.6 Å². The Morgan fingerprint density at radius 1 is 1.12 bits per heavy atom. The molecule has 2 fully saturated rings. The number of piperazine rings is 1. The average Bonchev–Trinajstić information content (AvgIpc) is 3.79. The quantitative estimate of drug-likeness (QED) is 0.338. The normalized spacial score (nSPS) is 17.2. The maximum absolute atomic E-state index is 15.7. The van der Waals surface area contributed by atoms with Crippen LogP contribution in [-0.2, 0) is 9.53 Å². The number of aromatic carboxylic acids is 1. The van der Waals surface area contributed by atoms with Crippen LogP contribution < -0.4 is 20.4 Å². The first kappa shape index (κ1) is 28.9. The van der Waals surface area contributed by atoms with E-state index in [0.717, 1.165) is 18.9 Å². The number of amides is 1. The van der Waals surface area contributed by atoms with E-state index in [1.807, 2.05) is 16.7 Å². The summed E-state index contributed by atoms with van der Waals surface area (Å²) in [5.74, 6) is -3.26. The summed E-state index contributed by atoms with van der Waals surface area (Å²) in [5.41, 5.74) is -0.351. The van der Waals surface area contributed by atoms with Crippen molar-refractivity contribution in [3.63, 3.8) is 0 Å². The first-order valence-corrected chi connectivity index (χ1v) is 13.4. The fourth-order valence-corrected chi connectivity index (χ4v) is 5.43. The molecular weight excluding hydrogens is 551 g/mol. The molecule has 3 aromatic rings. The maximum atomic E-state index is 15.7. The molecule has 2 heterocycles. The van der Waals surface area contributed by atoms with Crippen LogP contribution in [0, 0.1) is 5.82 Å². The fraction of sp³-hybridized carbons (Fsp3) is 0.379. The van der Waals surface area contributed by atoms with Crippen molar-refractivity contribution in [2.24, 2.45) is 0 Å². The Hall–Kier alpha value is -4.65. The van der Waals surface area contributed by atoms with Gasteiger partial charge in [0.25, 0.3) is 0 Å². The molecule has 1 aromatic heterocycles. The summed E-state index contributed by atoms with van der Waals surface area (Å²) in [6.07, 6.45) is 2.93. The summed E-state index contributed by atoms with van der Waals surface area (Å²) in [6, 6.07) is 5.01. The lowest BCUT2D eigenvalue weighted by Crippen LogP contribution is -2.54. The van der Waals surface area contributed by atoms with E-state index >= 15 is 4.39 Å². The number of hydrogen-bond donors (Lipinski definition) is 3. The van der Waals surface area contributed by atoms with E-state index in [9.17, 15) is 29.4 Å². The van der Waals surface area contributed by atoms with E-state index in [4.69, 9.17) is 4.74 Å². The number of hydrogen-bond acceptors (Lipinski definition) is 9. The SMILES string of the molecule is COC(=O)c1ccc(NC(=O)CN2CCN(c3c(F)cc4c(=O)c(C(=O)O)cn(C5CC5)c4c3OC)CC2C)cc1O. The zero-order chi connectivity index (χ0) is 30.3. The van der Waals surface area contributed by atoms with Crippen LogP contribution in [-0.4, -0.2) is 84.0 Å². The molecule has 5 rings (SSSR count). The first-order valence-electron chi connectivity index (χ1n) is 13.4. The highest BCUT2D eigenvalue weighted by Gasteiger charge is 2.33. The Bertz CT molecular complexity index is 1650. The number of pyridine rings is 1. The summed E-state index contributed by atoms with van der Waals surface area (Å²) in [7, 11) is 2.59. The summed E-state index contributed by atoms with van der Waals surface area (Å²) < 4.78 is 27.7. The van der Waals surface area contributed by atoms with Gasteiger partial charge in [0.05, 0.1) is 31.7 Å². The number of benzene rings is 2. The number of phenolic OH excluding ortho intramolecular Hbond substituents is 1. The predicted molar refractivity (Wildman–Crippen MR) is 151 cm³/mol. The van der Waals surface area contributed by atoms with Crippen LogP contribution in [0.2, 0.25) is 0 Å². The number of carbonyl (C=O) groups excluding carboxylic acids is 2. The van der Waals surface area contributed by atoms with Gasteiger partial charge in [0.1, 0.15) is 22.6 Å². The minimum atomic E-state index is -1.37. The molecule has 222 valence electrons. The summed E-state index contributed by atoms with van der Waals surface area (Å²) in [5, 5.41) is 22.3. The van der Waals surface area contributed by atoms with Gasteiger partial charge in [-0.2, -0.15) is 0 Å². The molecule has 1 amide bonds. The lowest BCUT2D eigenvalue weighted by Gasteiger charge is -2.41. The molecule has 1 unspecified atom stereocenters. The second-order valence-corrected chi connectivity index (χ2v) is 10.5. The Morgan fingerprint density at radius 3 is 2.45 bits per heavy atom. The molecule has 0 bridgehead atoms. The van der Waals surface area contributed by atoms with Crippen LogP contribution in [0.5, 0.6) is 11.5 Å². The number of methoxy groups -OCH3 is 2. The molecule has 0 radical (unpaired) electrons. The minimum Gasteiger partial charge on any atom is -0.507 e. The molecule has 2 aliphatic rings. The third kappa shape index (κ3) is 5.34. The van der Waals surface area contributed by atoms with Crippen molar-refractivity contribution in [2.45, 2.75) is 31.8 Å². The van der Waals surface area contributed by atoms with Gasteiger partial charge in [-0.05, 0) is 38.0 Å². The first-order chi connectivity index (χ1) is 20.0. The number of nitrogens with one attached hydrogen (secondary N) is 1. The molecule has 12 nitrogen and oxygen atoms in total. The highest BCUT2D eigenvalue weighted by Crippen LogP contribution is 2.44. The van der Waals surface area contributed by atoms with Crippen LogP contribution in [0.15, 0.2) is 35.3 Å². The number of anilines is 2. The molecule has 2 aromatic carbocycles. The Balaban J connectivity index is 1.36. The molecule has 1 aliphatic heterocycles. The van der Waals surface area contributed by atoms with Crippen molar-refractivity contribution in [1.82, 2.24) is 9.47 Å². The number of carboxylic acids is 1. The molecule has 1 saturated heterocycles.